The molecule has 2 aromatic heterocycles. The van der Waals surface area contributed by atoms with Gasteiger partial charge in [0.05, 0.1) is 11.2 Å². The van der Waals surface area contributed by atoms with Crippen molar-refractivity contribution in [2.24, 2.45) is 0 Å². The molecule has 6 nitrogen and oxygen atoms in total. The standard InChI is InChI=1S/C16H14ClN5O/c1-10-3-4-13(11(2)7-10)20-15(23)14-12(17)8-19-16(21-14)22-6-5-18-9-22/h3-9H,1-2H3,(H,20,23). The topological polar surface area (TPSA) is 72.7 Å². The number of halogens is 1. The molecule has 0 unspecified atom stereocenters. The summed E-state index contributed by atoms with van der Waals surface area (Å²) in [6, 6.07) is 5.78. The normalized spacial score (nSPS) is 10.6. The van der Waals surface area contributed by atoms with E-state index in [0.29, 0.717) is 5.95 Å². The van der Waals surface area contributed by atoms with E-state index >= 15 is 0 Å². The molecule has 1 aromatic carbocycles. The molecule has 1 amide bonds. The number of nitrogens with one attached hydrogen (secondary N) is 1. The van der Waals surface area contributed by atoms with Crippen molar-refractivity contribution in [3.8, 4) is 5.95 Å². The van der Waals surface area contributed by atoms with Gasteiger partial charge in [-0.1, -0.05) is 29.3 Å². The van der Waals surface area contributed by atoms with Crippen molar-refractivity contribution >= 4 is 23.2 Å². The van der Waals surface area contributed by atoms with Crippen molar-refractivity contribution in [2.45, 2.75) is 13.8 Å². The van der Waals surface area contributed by atoms with E-state index in [-0.39, 0.29) is 16.6 Å². The highest BCUT2D eigenvalue weighted by Crippen LogP contribution is 2.19. The predicted octanol–water partition coefficient (Wildman–Crippen LogP) is 3.18. The van der Waals surface area contributed by atoms with Crippen LogP contribution < -0.4 is 5.32 Å². The molecular formula is C16H14ClN5O. The minimum absolute atomic E-state index is 0.116. The number of imidazole rings is 1. The highest BCUT2D eigenvalue weighted by molar-refractivity contribution is 6.34. The van der Waals surface area contributed by atoms with Crippen molar-refractivity contribution in [1.29, 1.82) is 0 Å². The van der Waals surface area contributed by atoms with Gasteiger partial charge in [0.15, 0.2) is 5.69 Å². The smallest absolute Gasteiger partial charge is 0.276 e. The molecule has 0 aliphatic heterocycles. The van der Waals surface area contributed by atoms with Gasteiger partial charge < -0.3 is 5.32 Å². The number of hydrogen-bond acceptors (Lipinski definition) is 4. The Kier molecular flexibility index (Phi) is 4.08. The molecule has 0 spiro atoms. The quantitative estimate of drug-likeness (QED) is 0.802. The number of aromatic nitrogens is 4. The molecule has 0 saturated heterocycles. The molecule has 2 heterocycles. The maximum Gasteiger partial charge on any atom is 0.276 e. The van der Waals surface area contributed by atoms with Crippen molar-refractivity contribution in [3.05, 3.63) is 65.0 Å². The summed E-state index contributed by atoms with van der Waals surface area (Å²) in [5, 5.41) is 3.02. The Hall–Kier alpha value is -2.73. The SMILES string of the molecule is Cc1ccc(NC(=O)c2nc(-n3ccnc3)ncc2Cl)c(C)c1. The number of aryl methyl sites for hydroxylation is 2. The summed E-state index contributed by atoms with van der Waals surface area (Å²) in [6.07, 6.45) is 6.25. The Morgan fingerprint density at radius 1 is 1.30 bits per heavy atom. The molecule has 3 aromatic rings. The van der Waals surface area contributed by atoms with Crippen LogP contribution in [0.25, 0.3) is 5.95 Å². The maximum absolute atomic E-state index is 12.5. The molecule has 7 heteroatoms. The zero-order valence-corrected chi connectivity index (χ0v) is 13.4. The molecule has 0 atom stereocenters. The number of amides is 1. The predicted molar refractivity (Wildman–Crippen MR) is 88.0 cm³/mol. The van der Waals surface area contributed by atoms with Crippen LogP contribution in [0, 0.1) is 13.8 Å². The van der Waals surface area contributed by atoms with Crippen molar-refractivity contribution < 1.29 is 4.79 Å². The second-order valence-electron chi connectivity index (χ2n) is 5.11. The van der Waals surface area contributed by atoms with Gasteiger partial charge in [0.25, 0.3) is 5.91 Å². The van der Waals surface area contributed by atoms with E-state index in [9.17, 15) is 4.79 Å². The third-order valence-corrected chi connectivity index (χ3v) is 3.59. The number of hydrogen-bond donors (Lipinski definition) is 1. The van der Waals surface area contributed by atoms with E-state index in [1.165, 1.54) is 6.20 Å². The minimum atomic E-state index is -0.384. The third kappa shape index (κ3) is 3.22. The van der Waals surface area contributed by atoms with Gasteiger partial charge in [0, 0.05) is 18.1 Å². The lowest BCUT2D eigenvalue weighted by Crippen LogP contribution is -2.17. The van der Waals surface area contributed by atoms with Gasteiger partial charge in [-0.25, -0.2) is 15.0 Å². The van der Waals surface area contributed by atoms with E-state index in [1.807, 2.05) is 32.0 Å². The van der Waals surface area contributed by atoms with E-state index in [0.717, 1.165) is 16.8 Å². The number of rotatable bonds is 3. The largest absolute Gasteiger partial charge is 0.320 e. The summed E-state index contributed by atoms with van der Waals surface area (Å²) >= 11 is 6.07. The van der Waals surface area contributed by atoms with Gasteiger partial charge in [-0.2, -0.15) is 0 Å². The van der Waals surface area contributed by atoms with Crippen LogP contribution in [-0.4, -0.2) is 25.4 Å². The van der Waals surface area contributed by atoms with Gasteiger partial charge in [-0.15, -0.1) is 0 Å². The highest BCUT2D eigenvalue weighted by Gasteiger charge is 2.16. The number of benzene rings is 1. The second-order valence-corrected chi connectivity index (χ2v) is 5.52. The Bertz CT molecular complexity index is 861. The van der Waals surface area contributed by atoms with Crippen molar-refractivity contribution in [2.75, 3.05) is 5.32 Å². The number of carbonyl (C=O) groups is 1. The Balaban J connectivity index is 1.91. The summed E-state index contributed by atoms with van der Waals surface area (Å²) < 4.78 is 1.60. The summed E-state index contributed by atoms with van der Waals surface area (Å²) in [6.45, 7) is 3.93. The average Bonchev–Trinajstić information content (AvgIpc) is 3.05. The van der Waals surface area contributed by atoms with Gasteiger partial charge >= 0.3 is 0 Å². The van der Waals surface area contributed by atoms with Crippen LogP contribution in [0.2, 0.25) is 5.02 Å². The van der Waals surface area contributed by atoms with Crippen LogP contribution in [0.5, 0.6) is 0 Å². The summed E-state index contributed by atoms with van der Waals surface area (Å²) in [4.78, 5) is 24.7. The van der Waals surface area contributed by atoms with Crippen LogP contribution in [0.3, 0.4) is 0 Å². The van der Waals surface area contributed by atoms with E-state index in [2.05, 4.69) is 20.3 Å². The van der Waals surface area contributed by atoms with Crippen LogP contribution in [0.4, 0.5) is 5.69 Å². The lowest BCUT2D eigenvalue weighted by molar-refractivity contribution is 0.102. The molecule has 0 fully saturated rings. The first-order valence-corrected chi connectivity index (χ1v) is 7.32. The Morgan fingerprint density at radius 3 is 2.83 bits per heavy atom. The zero-order valence-electron chi connectivity index (χ0n) is 12.6. The van der Waals surface area contributed by atoms with Crippen molar-refractivity contribution in [3.63, 3.8) is 0 Å². The fourth-order valence-electron chi connectivity index (χ4n) is 2.15. The first-order valence-electron chi connectivity index (χ1n) is 6.94. The number of nitrogens with zero attached hydrogens (tertiary/aromatic N) is 4. The molecule has 23 heavy (non-hydrogen) atoms. The first kappa shape index (κ1) is 15.2. The van der Waals surface area contributed by atoms with Gasteiger partial charge in [0.1, 0.15) is 6.33 Å². The zero-order chi connectivity index (χ0) is 16.4. The molecule has 0 radical (unpaired) electrons. The lowest BCUT2D eigenvalue weighted by Gasteiger charge is -2.10. The van der Waals surface area contributed by atoms with Crippen LogP contribution in [0.15, 0.2) is 43.1 Å². The molecule has 0 saturated carbocycles. The van der Waals surface area contributed by atoms with E-state index in [4.69, 9.17) is 11.6 Å². The fourth-order valence-corrected chi connectivity index (χ4v) is 2.33. The van der Waals surface area contributed by atoms with Crippen LogP contribution in [0.1, 0.15) is 21.6 Å². The maximum atomic E-state index is 12.5. The lowest BCUT2D eigenvalue weighted by atomic mass is 10.1. The molecule has 1 N–H and O–H groups in total. The molecule has 0 aliphatic carbocycles. The van der Waals surface area contributed by atoms with Gasteiger partial charge in [0.2, 0.25) is 5.95 Å². The number of carbonyl (C=O) groups excluding carboxylic acids is 1. The van der Waals surface area contributed by atoms with Crippen LogP contribution in [-0.2, 0) is 0 Å². The third-order valence-electron chi connectivity index (χ3n) is 3.31. The van der Waals surface area contributed by atoms with Crippen LogP contribution >= 0.6 is 11.6 Å². The summed E-state index contributed by atoms with van der Waals surface area (Å²) in [5.74, 6) is -0.0524. The summed E-state index contributed by atoms with van der Waals surface area (Å²) in [5.41, 5.74) is 2.94. The summed E-state index contributed by atoms with van der Waals surface area (Å²) in [7, 11) is 0. The molecule has 3 rings (SSSR count). The highest BCUT2D eigenvalue weighted by atomic mass is 35.5. The Labute approximate surface area is 138 Å². The monoisotopic (exact) mass is 327 g/mol. The van der Waals surface area contributed by atoms with E-state index in [1.54, 1.807) is 23.3 Å². The molecule has 0 bridgehead atoms. The Morgan fingerprint density at radius 2 is 2.13 bits per heavy atom. The fraction of sp³-hybridized carbons (Fsp3) is 0.125. The van der Waals surface area contributed by atoms with Crippen molar-refractivity contribution in [1.82, 2.24) is 19.5 Å². The molecular weight excluding hydrogens is 314 g/mol. The number of anilines is 1. The first-order chi connectivity index (χ1) is 11.0. The molecule has 116 valence electrons. The second kappa shape index (κ2) is 6.18. The molecule has 0 aliphatic rings. The van der Waals surface area contributed by atoms with Gasteiger partial charge in [-0.3, -0.25) is 9.36 Å². The minimum Gasteiger partial charge on any atom is -0.320 e. The van der Waals surface area contributed by atoms with Gasteiger partial charge in [-0.05, 0) is 25.5 Å². The average molecular weight is 328 g/mol. The van der Waals surface area contributed by atoms with E-state index < -0.39 is 0 Å².